The summed E-state index contributed by atoms with van der Waals surface area (Å²) in [7, 11) is 0. The Morgan fingerprint density at radius 1 is 1.04 bits per heavy atom. The van der Waals surface area contributed by atoms with Crippen LogP contribution in [0.15, 0.2) is 12.2 Å². The molecule has 0 amide bonds. The van der Waals surface area contributed by atoms with Gasteiger partial charge in [0.1, 0.15) is 5.78 Å². The molecule has 162 valence electrons. The lowest BCUT2D eigenvalue weighted by Gasteiger charge is -2.15. The van der Waals surface area contributed by atoms with E-state index >= 15 is 0 Å². The zero-order chi connectivity index (χ0) is 20.6. The van der Waals surface area contributed by atoms with Crippen LogP contribution in [0.1, 0.15) is 110 Å². The Hall–Kier alpha value is -1.16. The lowest BCUT2D eigenvalue weighted by molar-refractivity contribution is -0.137. The van der Waals surface area contributed by atoms with Crippen molar-refractivity contribution in [1.29, 1.82) is 0 Å². The van der Waals surface area contributed by atoms with Crippen LogP contribution in [0, 0.1) is 11.8 Å². The first-order chi connectivity index (χ1) is 13.5. The Morgan fingerprint density at radius 3 is 2.32 bits per heavy atom. The normalized spacial score (nSPS) is 20.9. The van der Waals surface area contributed by atoms with Gasteiger partial charge in [-0.2, -0.15) is 0 Å². The fourth-order valence-corrected chi connectivity index (χ4v) is 4.21. The van der Waals surface area contributed by atoms with Crippen molar-refractivity contribution in [3.63, 3.8) is 0 Å². The van der Waals surface area contributed by atoms with Gasteiger partial charge in [0.25, 0.3) is 0 Å². The van der Waals surface area contributed by atoms with Gasteiger partial charge in [-0.15, -0.1) is 0 Å². The molecule has 0 heterocycles. The third kappa shape index (κ3) is 11.6. The second-order valence-corrected chi connectivity index (χ2v) is 8.48. The maximum atomic E-state index is 12.2. The molecule has 0 radical (unpaired) electrons. The van der Waals surface area contributed by atoms with Gasteiger partial charge in [-0.3, -0.25) is 9.59 Å². The maximum absolute atomic E-state index is 12.2. The van der Waals surface area contributed by atoms with Crippen molar-refractivity contribution in [1.82, 2.24) is 0 Å². The number of hydrogen-bond donors (Lipinski definition) is 2. The number of aliphatic carboxylic acids is 1. The first-order valence-electron chi connectivity index (χ1n) is 11.7. The topological polar surface area (TPSA) is 74.6 Å². The van der Waals surface area contributed by atoms with Gasteiger partial charge in [-0.05, 0) is 31.6 Å². The first kappa shape index (κ1) is 24.9. The highest BCUT2D eigenvalue weighted by atomic mass is 16.4. The summed E-state index contributed by atoms with van der Waals surface area (Å²) in [4.78, 5) is 22.7. The van der Waals surface area contributed by atoms with E-state index in [0.29, 0.717) is 24.5 Å². The molecule has 1 rings (SSSR count). The van der Waals surface area contributed by atoms with E-state index in [-0.39, 0.29) is 12.0 Å². The molecule has 0 unspecified atom stereocenters. The zero-order valence-corrected chi connectivity index (χ0v) is 17.9. The van der Waals surface area contributed by atoms with Gasteiger partial charge in [-0.1, -0.05) is 83.3 Å². The second kappa shape index (κ2) is 15.7. The Balaban J connectivity index is 2.12. The van der Waals surface area contributed by atoms with Gasteiger partial charge >= 0.3 is 5.97 Å². The van der Waals surface area contributed by atoms with Crippen molar-refractivity contribution in [2.24, 2.45) is 11.8 Å². The van der Waals surface area contributed by atoms with Crippen molar-refractivity contribution in [2.75, 3.05) is 0 Å². The Kier molecular flexibility index (Phi) is 14.0. The summed E-state index contributed by atoms with van der Waals surface area (Å²) in [6, 6.07) is 0. The number of carbonyl (C=O) groups excluding carboxylic acids is 1. The quantitative estimate of drug-likeness (QED) is 0.232. The summed E-state index contributed by atoms with van der Waals surface area (Å²) in [6.45, 7) is 2.17. The molecule has 1 aliphatic rings. The number of hydrogen-bond acceptors (Lipinski definition) is 3. The summed E-state index contributed by atoms with van der Waals surface area (Å²) in [6.07, 6.45) is 19.6. The summed E-state index contributed by atoms with van der Waals surface area (Å²) < 4.78 is 0. The third-order valence-electron chi connectivity index (χ3n) is 5.99. The minimum atomic E-state index is -0.694. The van der Waals surface area contributed by atoms with Crippen molar-refractivity contribution in [3.8, 4) is 0 Å². The van der Waals surface area contributed by atoms with Crippen molar-refractivity contribution < 1.29 is 19.8 Å². The van der Waals surface area contributed by atoms with Crippen molar-refractivity contribution in [3.05, 3.63) is 12.2 Å². The highest BCUT2D eigenvalue weighted by Crippen LogP contribution is 2.34. The molecule has 1 saturated carbocycles. The molecule has 2 N–H and O–H groups in total. The van der Waals surface area contributed by atoms with Gasteiger partial charge in [0.15, 0.2) is 0 Å². The number of carboxylic acids is 1. The summed E-state index contributed by atoms with van der Waals surface area (Å²) in [5, 5.41) is 18.7. The second-order valence-electron chi connectivity index (χ2n) is 8.48. The number of unbranched alkanes of at least 4 members (excludes halogenated alkanes) is 9. The predicted molar refractivity (Wildman–Crippen MR) is 114 cm³/mol. The van der Waals surface area contributed by atoms with Crippen LogP contribution in [0.25, 0.3) is 0 Å². The minimum Gasteiger partial charge on any atom is -0.481 e. The van der Waals surface area contributed by atoms with E-state index in [9.17, 15) is 14.7 Å². The van der Waals surface area contributed by atoms with Crippen LogP contribution in [0.3, 0.4) is 0 Å². The van der Waals surface area contributed by atoms with Crippen LogP contribution < -0.4 is 0 Å². The van der Waals surface area contributed by atoms with Crippen LogP contribution in [0.5, 0.6) is 0 Å². The van der Waals surface area contributed by atoms with Crippen LogP contribution >= 0.6 is 0 Å². The average Bonchev–Trinajstić information content (AvgIpc) is 3.01. The molecule has 0 aliphatic heterocycles. The standard InChI is InChI=1S/C24H42O4/c1-2-3-10-13-21(25)18-16-20-17-19-23(26)22(20)14-11-8-6-4-5-7-9-12-15-24(27)28/h16,18,20-22,25H,2-15,17,19H2,1H3,(H,27,28)/b18-16+/t20-,21-,22+/m0/s1. The lowest BCUT2D eigenvalue weighted by atomic mass is 9.89. The summed E-state index contributed by atoms with van der Waals surface area (Å²) in [5.41, 5.74) is 0. The molecule has 28 heavy (non-hydrogen) atoms. The van der Waals surface area contributed by atoms with Crippen LogP contribution in [-0.4, -0.2) is 28.1 Å². The maximum Gasteiger partial charge on any atom is 0.303 e. The minimum absolute atomic E-state index is 0.162. The van der Waals surface area contributed by atoms with Crippen LogP contribution in [0.2, 0.25) is 0 Å². The van der Waals surface area contributed by atoms with Crippen LogP contribution in [-0.2, 0) is 9.59 Å². The molecule has 4 nitrogen and oxygen atoms in total. The van der Waals surface area contributed by atoms with E-state index in [0.717, 1.165) is 57.8 Å². The Morgan fingerprint density at radius 2 is 1.68 bits per heavy atom. The fourth-order valence-electron chi connectivity index (χ4n) is 4.21. The molecule has 0 spiro atoms. The molecule has 0 aromatic rings. The van der Waals surface area contributed by atoms with Gasteiger partial charge in [-0.25, -0.2) is 0 Å². The molecule has 4 heteroatoms. The number of carbonyl (C=O) groups is 2. The predicted octanol–water partition coefficient (Wildman–Crippen LogP) is 6.06. The van der Waals surface area contributed by atoms with Gasteiger partial charge in [0, 0.05) is 18.8 Å². The molecular weight excluding hydrogens is 352 g/mol. The number of Topliss-reactive ketones (excluding diaryl/α,β-unsaturated/α-hetero) is 1. The van der Waals surface area contributed by atoms with Crippen molar-refractivity contribution >= 4 is 11.8 Å². The molecular formula is C24H42O4. The number of aliphatic hydroxyl groups excluding tert-OH is 1. The fraction of sp³-hybridized carbons (Fsp3) is 0.833. The van der Waals surface area contributed by atoms with E-state index in [1.54, 1.807) is 0 Å². The van der Waals surface area contributed by atoms with Gasteiger partial charge in [0.2, 0.25) is 0 Å². The summed E-state index contributed by atoms with van der Waals surface area (Å²) in [5.74, 6) is 0.201. The largest absolute Gasteiger partial charge is 0.481 e. The third-order valence-corrected chi connectivity index (χ3v) is 5.99. The molecule has 0 aromatic carbocycles. The van der Waals surface area contributed by atoms with E-state index in [1.807, 2.05) is 6.08 Å². The first-order valence-corrected chi connectivity index (χ1v) is 11.7. The van der Waals surface area contributed by atoms with E-state index in [4.69, 9.17) is 5.11 Å². The van der Waals surface area contributed by atoms with Crippen LogP contribution in [0.4, 0.5) is 0 Å². The average molecular weight is 395 g/mol. The smallest absolute Gasteiger partial charge is 0.303 e. The van der Waals surface area contributed by atoms with E-state index < -0.39 is 5.97 Å². The number of rotatable bonds is 17. The number of ketones is 1. The van der Waals surface area contributed by atoms with Gasteiger partial charge in [0.05, 0.1) is 6.10 Å². The zero-order valence-electron chi connectivity index (χ0n) is 17.9. The highest BCUT2D eigenvalue weighted by Gasteiger charge is 2.32. The molecule has 0 bridgehead atoms. The summed E-state index contributed by atoms with van der Waals surface area (Å²) >= 11 is 0. The number of allylic oxidation sites excluding steroid dienone is 1. The van der Waals surface area contributed by atoms with Crippen molar-refractivity contribution in [2.45, 2.75) is 116 Å². The Bertz CT molecular complexity index is 458. The SMILES string of the molecule is CCCCC[C@H](O)/C=C/[C@H]1CCC(=O)[C@@H]1CCCCCCCCCCC(=O)O. The van der Waals surface area contributed by atoms with E-state index in [1.165, 1.54) is 32.1 Å². The monoisotopic (exact) mass is 394 g/mol. The number of carboxylic acid groups (broad SMARTS) is 1. The van der Waals surface area contributed by atoms with Gasteiger partial charge < -0.3 is 10.2 Å². The highest BCUT2D eigenvalue weighted by molar-refractivity contribution is 5.83. The lowest BCUT2D eigenvalue weighted by Crippen LogP contribution is -2.14. The van der Waals surface area contributed by atoms with E-state index in [2.05, 4.69) is 13.0 Å². The number of aliphatic hydroxyl groups is 1. The molecule has 1 fully saturated rings. The molecule has 3 atom stereocenters. The molecule has 0 saturated heterocycles. The molecule has 0 aromatic heterocycles. The molecule has 1 aliphatic carbocycles. The Labute approximate surface area is 171 Å².